The zero-order valence-corrected chi connectivity index (χ0v) is 12.9. The highest BCUT2D eigenvalue weighted by Gasteiger charge is 2.61. The number of allylic oxidation sites excluding steroid dienone is 1. The van der Waals surface area contributed by atoms with Gasteiger partial charge in [0.1, 0.15) is 12.2 Å². The minimum absolute atomic E-state index is 0.203. The molecule has 2 saturated heterocycles. The maximum atomic E-state index is 12.1. The Morgan fingerprint density at radius 2 is 2.29 bits per heavy atom. The number of aliphatic hydroxyl groups excluding tert-OH is 1. The van der Waals surface area contributed by atoms with E-state index in [2.05, 4.69) is 13.0 Å². The Bertz CT molecular complexity index is 460. The van der Waals surface area contributed by atoms with Crippen LogP contribution in [-0.4, -0.2) is 48.7 Å². The van der Waals surface area contributed by atoms with Gasteiger partial charge in [-0.3, -0.25) is 4.79 Å². The fraction of sp³-hybridized carbons (Fsp3) is 0.812. The van der Waals surface area contributed by atoms with E-state index in [0.717, 1.165) is 12.8 Å². The molecule has 5 nitrogen and oxygen atoms in total. The van der Waals surface area contributed by atoms with Gasteiger partial charge < -0.3 is 19.3 Å². The van der Waals surface area contributed by atoms with Crippen molar-refractivity contribution in [2.75, 3.05) is 13.7 Å². The SMILES string of the molecule is COCC1C(=O)OC2CC(C)=CCCC3(C)OC3C(O)C21. The van der Waals surface area contributed by atoms with Gasteiger partial charge in [-0.2, -0.15) is 0 Å². The largest absolute Gasteiger partial charge is 0.461 e. The van der Waals surface area contributed by atoms with Crippen molar-refractivity contribution in [3.05, 3.63) is 11.6 Å². The van der Waals surface area contributed by atoms with Crippen LogP contribution in [0, 0.1) is 11.8 Å². The van der Waals surface area contributed by atoms with Gasteiger partial charge in [0.2, 0.25) is 0 Å². The molecule has 1 N–H and O–H groups in total. The predicted molar refractivity (Wildman–Crippen MR) is 75.6 cm³/mol. The van der Waals surface area contributed by atoms with E-state index in [4.69, 9.17) is 14.2 Å². The van der Waals surface area contributed by atoms with Crippen molar-refractivity contribution in [2.24, 2.45) is 11.8 Å². The van der Waals surface area contributed by atoms with E-state index in [1.807, 2.05) is 6.92 Å². The highest BCUT2D eigenvalue weighted by molar-refractivity contribution is 5.75. The van der Waals surface area contributed by atoms with E-state index >= 15 is 0 Å². The summed E-state index contributed by atoms with van der Waals surface area (Å²) in [4.78, 5) is 12.1. The summed E-state index contributed by atoms with van der Waals surface area (Å²) in [5.74, 6) is -0.929. The van der Waals surface area contributed by atoms with E-state index in [0.29, 0.717) is 6.42 Å². The lowest BCUT2D eigenvalue weighted by Crippen LogP contribution is -2.40. The molecule has 6 atom stereocenters. The zero-order valence-electron chi connectivity index (χ0n) is 12.9. The summed E-state index contributed by atoms with van der Waals surface area (Å²) in [6.07, 6.45) is 3.53. The third-order valence-electron chi connectivity index (χ3n) is 5.11. The summed E-state index contributed by atoms with van der Waals surface area (Å²) in [5.41, 5.74) is 0.923. The molecule has 0 saturated carbocycles. The molecule has 1 aliphatic carbocycles. The van der Waals surface area contributed by atoms with E-state index < -0.39 is 12.0 Å². The Labute approximate surface area is 125 Å². The number of esters is 1. The van der Waals surface area contributed by atoms with Crippen LogP contribution in [0.5, 0.6) is 0 Å². The first-order chi connectivity index (χ1) is 9.96. The van der Waals surface area contributed by atoms with Gasteiger partial charge in [-0.15, -0.1) is 0 Å². The summed E-state index contributed by atoms with van der Waals surface area (Å²) in [7, 11) is 1.57. The van der Waals surface area contributed by atoms with Crippen LogP contribution in [-0.2, 0) is 19.0 Å². The van der Waals surface area contributed by atoms with Gasteiger partial charge >= 0.3 is 5.97 Å². The monoisotopic (exact) mass is 296 g/mol. The Kier molecular flexibility index (Phi) is 3.84. The molecule has 0 aromatic heterocycles. The minimum atomic E-state index is -0.683. The first-order valence-electron chi connectivity index (χ1n) is 7.67. The lowest BCUT2D eigenvalue weighted by molar-refractivity contribution is -0.145. The van der Waals surface area contributed by atoms with Gasteiger partial charge in [0.05, 0.1) is 24.2 Å². The molecule has 118 valence electrons. The van der Waals surface area contributed by atoms with Crippen LogP contribution < -0.4 is 0 Å². The van der Waals surface area contributed by atoms with Crippen molar-refractivity contribution < 1.29 is 24.1 Å². The average Bonchev–Trinajstić information content (AvgIpc) is 2.99. The molecule has 2 aliphatic heterocycles. The number of hydrogen-bond acceptors (Lipinski definition) is 5. The normalized spacial score (nSPS) is 46.2. The van der Waals surface area contributed by atoms with Gasteiger partial charge in [0.15, 0.2) is 0 Å². The molecule has 2 heterocycles. The molecule has 0 bridgehead atoms. The molecule has 2 fully saturated rings. The second-order valence-electron chi connectivity index (χ2n) is 6.75. The lowest BCUT2D eigenvalue weighted by atomic mass is 9.79. The molecule has 0 radical (unpaired) electrons. The lowest BCUT2D eigenvalue weighted by Gasteiger charge is -2.26. The highest BCUT2D eigenvalue weighted by Crippen LogP contribution is 2.48. The topological polar surface area (TPSA) is 68.3 Å². The van der Waals surface area contributed by atoms with Gasteiger partial charge in [0.25, 0.3) is 0 Å². The fourth-order valence-corrected chi connectivity index (χ4v) is 3.82. The molecule has 0 aromatic rings. The van der Waals surface area contributed by atoms with Crippen LogP contribution in [0.25, 0.3) is 0 Å². The Balaban J connectivity index is 1.89. The number of epoxide rings is 1. The molecule has 6 unspecified atom stereocenters. The number of methoxy groups -OCH3 is 1. The molecule has 3 rings (SSSR count). The van der Waals surface area contributed by atoms with Crippen molar-refractivity contribution >= 4 is 5.97 Å². The average molecular weight is 296 g/mol. The second kappa shape index (κ2) is 5.38. The van der Waals surface area contributed by atoms with Crippen molar-refractivity contribution in [1.82, 2.24) is 0 Å². The van der Waals surface area contributed by atoms with Gasteiger partial charge in [-0.05, 0) is 26.7 Å². The van der Waals surface area contributed by atoms with E-state index in [1.54, 1.807) is 7.11 Å². The first-order valence-corrected chi connectivity index (χ1v) is 7.67. The quantitative estimate of drug-likeness (QED) is 0.474. The highest BCUT2D eigenvalue weighted by atomic mass is 16.6. The maximum absolute atomic E-state index is 12.1. The number of carbonyl (C=O) groups excluding carboxylic acids is 1. The molecule has 5 heteroatoms. The summed E-state index contributed by atoms with van der Waals surface area (Å²) in [6, 6.07) is 0. The number of rotatable bonds is 2. The van der Waals surface area contributed by atoms with Crippen molar-refractivity contribution in [3.63, 3.8) is 0 Å². The van der Waals surface area contributed by atoms with Crippen molar-refractivity contribution in [3.8, 4) is 0 Å². The van der Waals surface area contributed by atoms with E-state index in [-0.39, 0.29) is 36.3 Å². The van der Waals surface area contributed by atoms with Crippen LogP contribution in [0.3, 0.4) is 0 Å². The third kappa shape index (κ3) is 2.62. The van der Waals surface area contributed by atoms with Crippen LogP contribution in [0.2, 0.25) is 0 Å². The predicted octanol–water partition coefficient (Wildman–Crippen LogP) is 1.44. The molecular formula is C16H24O5. The summed E-state index contributed by atoms with van der Waals surface area (Å²) < 4.78 is 16.4. The van der Waals surface area contributed by atoms with E-state index in [9.17, 15) is 9.90 Å². The minimum Gasteiger partial charge on any atom is -0.461 e. The molecule has 21 heavy (non-hydrogen) atoms. The Morgan fingerprint density at radius 1 is 1.52 bits per heavy atom. The van der Waals surface area contributed by atoms with Crippen LogP contribution in [0.4, 0.5) is 0 Å². The number of aliphatic hydroxyl groups is 1. The van der Waals surface area contributed by atoms with E-state index in [1.165, 1.54) is 5.57 Å². The number of hydrogen-bond donors (Lipinski definition) is 1. The second-order valence-corrected chi connectivity index (χ2v) is 6.75. The van der Waals surface area contributed by atoms with Crippen molar-refractivity contribution in [1.29, 1.82) is 0 Å². The Hall–Kier alpha value is -0.910. The van der Waals surface area contributed by atoms with Gasteiger partial charge in [0, 0.05) is 19.4 Å². The zero-order chi connectivity index (χ0) is 15.2. The number of carbonyl (C=O) groups is 1. The molecule has 0 amide bonds. The summed E-state index contributed by atoms with van der Waals surface area (Å²) in [6.45, 7) is 4.36. The maximum Gasteiger partial charge on any atom is 0.312 e. The van der Waals surface area contributed by atoms with Crippen molar-refractivity contribution in [2.45, 2.75) is 57.0 Å². The van der Waals surface area contributed by atoms with Gasteiger partial charge in [-0.25, -0.2) is 0 Å². The number of fused-ring (bicyclic) bond motifs is 2. The van der Waals surface area contributed by atoms with Crippen LogP contribution in [0.1, 0.15) is 33.1 Å². The van der Waals surface area contributed by atoms with Crippen LogP contribution in [0.15, 0.2) is 11.6 Å². The Morgan fingerprint density at radius 3 is 3.00 bits per heavy atom. The molecule has 3 aliphatic rings. The first kappa shape index (κ1) is 15.0. The third-order valence-corrected chi connectivity index (χ3v) is 5.11. The molecule has 0 aromatic carbocycles. The summed E-state index contributed by atoms with van der Waals surface area (Å²) >= 11 is 0. The summed E-state index contributed by atoms with van der Waals surface area (Å²) in [5, 5.41) is 10.7. The standard InChI is InChI=1S/C16H24O5/c1-9-5-4-6-16(2)14(21-16)13(17)12-10(8-19-3)15(18)20-11(12)7-9/h5,10-14,17H,4,6-8H2,1-3H3. The van der Waals surface area contributed by atoms with Crippen LogP contribution >= 0.6 is 0 Å². The smallest absolute Gasteiger partial charge is 0.312 e. The van der Waals surface area contributed by atoms with Gasteiger partial charge in [-0.1, -0.05) is 11.6 Å². The molecule has 0 spiro atoms. The fourth-order valence-electron chi connectivity index (χ4n) is 3.82. The number of ether oxygens (including phenoxy) is 3. The molecular weight excluding hydrogens is 272 g/mol.